The first kappa shape index (κ1) is 27.6. The van der Waals surface area contributed by atoms with Gasteiger partial charge in [-0.2, -0.15) is 0 Å². The third-order valence-electron chi connectivity index (χ3n) is 6.41. The number of aryl methyl sites for hydroxylation is 1. The van der Waals surface area contributed by atoms with Crippen molar-refractivity contribution in [3.63, 3.8) is 0 Å². The number of rotatable bonds is 10. The standard InChI is InChI=1S/C32H31N5OS2/c1-23-13-17-27(18-14-23)37-30(35-36-32(37)40-22-25-11-7-4-8-12-25)29(21-24-9-5-3-6-10-24)34-31(38)33-26-15-19-28(39-2)20-16-26/h3-20,29H,21-22H2,1-2H3,(H2,33,34,38). The number of hydrogen-bond donors (Lipinski definition) is 2. The van der Waals surface area contributed by atoms with Crippen LogP contribution in [0.2, 0.25) is 0 Å². The van der Waals surface area contributed by atoms with Crippen LogP contribution >= 0.6 is 23.5 Å². The summed E-state index contributed by atoms with van der Waals surface area (Å²) >= 11 is 3.29. The zero-order valence-corrected chi connectivity index (χ0v) is 24.1. The van der Waals surface area contributed by atoms with Crippen LogP contribution in [0.5, 0.6) is 0 Å². The van der Waals surface area contributed by atoms with Gasteiger partial charge in [-0.15, -0.1) is 22.0 Å². The topological polar surface area (TPSA) is 71.8 Å². The quantitative estimate of drug-likeness (QED) is 0.170. The van der Waals surface area contributed by atoms with Crippen molar-refractivity contribution < 1.29 is 4.79 Å². The molecule has 0 spiro atoms. The number of aromatic nitrogens is 3. The highest BCUT2D eigenvalue weighted by Crippen LogP contribution is 2.29. The van der Waals surface area contributed by atoms with E-state index < -0.39 is 6.04 Å². The lowest BCUT2D eigenvalue weighted by atomic mass is 10.1. The van der Waals surface area contributed by atoms with E-state index in [4.69, 9.17) is 0 Å². The van der Waals surface area contributed by atoms with Crippen LogP contribution in [0.4, 0.5) is 10.5 Å². The number of amides is 2. The predicted molar refractivity (Wildman–Crippen MR) is 165 cm³/mol. The number of thioether (sulfide) groups is 2. The van der Waals surface area contributed by atoms with Gasteiger partial charge in [-0.3, -0.25) is 4.57 Å². The van der Waals surface area contributed by atoms with Gasteiger partial charge >= 0.3 is 6.03 Å². The van der Waals surface area contributed by atoms with Crippen molar-refractivity contribution in [2.45, 2.75) is 35.2 Å². The summed E-state index contributed by atoms with van der Waals surface area (Å²) in [4.78, 5) is 14.4. The third-order valence-corrected chi connectivity index (χ3v) is 8.15. The highest BCUT2D eigenvalue weighted by molar-refractivity contribution is 7.98. The summed E-state index contributed by atoms with van der Waals surface area (Å²) in [7, 11) is 0. The maximum absolute atomic E-state index is 13.3. The lowest BCUT2D eigenvalue weighted by molar-refractivity contribution is 0.247. The zero-order chi connectivity index (χ0) is 27.7. The fourth-order valence-electron chi connectivity index (χ4n) is 4.32. The zero-order valence-electron chi connectivity index (χ0n) is 22.5. The maximum Gasteiger partial charge on any atom is 0.319 e. The molecule has 2 amide bonds. The number of anilines is 1. The second-order valence-corrected chi connectivity index (χ2v) is 11.2. The molecule has 1 unspecified atom stereocenters. The summed E-state index contributed by atoms with van der Waals surface area (Å²) in [5.74, 6) is 1.44. The molecule has 0 fully saturated rings. The number of hydrogen-bond acceptors (Lipinski definition) is 5. The van der Waals surface area contributed by atoms with Gasteiger partial charge in [-0.25, -0.2) is 4.79 Å². The maximum atomic E-state index is 13.3. The van der Waals surface area contributed by atoms with E-state index in [1.807, 2.05) is 66.9 Å². The van der Waals surface area contributed by atoms with Gasteiger partial charge in [0.1, 0.15) is 0 Å². The van der Waals surface area contributed by atoms with Crippen molar-refractivity contribution >= 4 is 35.2 Å². The van der Waals surface area contributed by atoms with Gasteiger partial charge < -0.3 is 10.6 Å². The van der Waals surface area contributed by atoms with Crippen LogP contribution in [-0.4, -0.2) is 27.1 Å². The van der Waals surface area contributed by atoms with Gasteiger partial charge in [0.05, 0.1) is 6.04 Å². The molecule has 1 aromatic heterocycles. The molecule has 0 aliphatic rings. The lowest BCUT2D eigenvalue weighted by Gasteiger charge is -2.21. The lowest BCUT2D eigenvalue weighted by Crippen LogP contribution is -2.35. The molecular formula is C32H31N5OS2. The van der Waals surface area contributed by atoms with Crippen LogP contribution in [-0.2, 0) is 12.2 Å². The smallest absolute Gasteiger partial charge is 0.319 e. The average molecular weight is 566 g/mol. The van der Waals surface area contributed by atoms with Gasteiger partial charge in [0.25, 0.3) is 0 Å². The summed E-state index contributed by atoms with van der Waals surface area (Å²) in [6.45, 7) is 2.07. The molecule has 40 heavy (non-hydrogen) atoms. The van der Waals surface area contributed by atoms with E-state index in [1.165, 1.54) is 11.1 Å². The number of nitrogens with one attached hydrogen (secondary N) is 2. The Balaban J connectivity index is 1.47. The Morgan fingerprint density at radius 2 is 1.48 bits per heavy atom. The number of carbonyl (C=O) groups excluding carboxylic acids is 1. The molecule has 2 N–H and O–H groups in total. The molecule has 0 saturated heterocycles. The van der Waals surface area contributed by atoms with E-state index in [9.17, 15) is 4.79 Å². The first-order valence-corrected chi connectivity index (χ1v) is 15.2. The monoisotopic (exact) mass is 565 g/mol. The molecule has 0 bridgehead atoms. The number of nitrogens with zero attached hydrogens (tertiary/aromatic N) is 3. The van der Waals surface area contributed by atoms with Crippen LogP contribution < -0.4 is 10.6 Å². The highest BCUT2D eigenvalue weighted by atomic mass is 32.2. The van der Waals surface area contributed by atoms with Crippen LogP contribution in [0, 0.1) is 6.92 Å². The Morgan fingerprint density at radius 3 is 2.12 bits per heavy atom. The largest absolute Gasteiger partial charge is 0.327 e. The number of carbonyl (C=O) groups is 1. The minimum Gasteiger partial charge on any atom is -0.327 e. The summed E-state index contributed by atoms with van der Waals surface area (Å²) in [5.41, 5.74) is 5.15. The molecule has 202 valence electrons. The number of benzene rings is 4. The van der Waals surface area contributed by atoms with Crippen molar-refractivity contribution in [1.29, 1.82) is 0 Å². The van der Waals surface area contributed by atoms with E-state index >= 15 is 0 Å². The van der Waals surface area contributed by atoms with Crippen molar-refractivity contribution in [2.75, 3.05) is 11.6 Å². The minimum atomic E-state index is -0.423. The molecule has 0 aliphatic heterocycles. The summed E-state index contributed by atoms with van der Waals surface area (Å²) in [5, 5.41) is 16.2. The molecule has 1 heterocycles. The first-order valence-electron chi connectivity index (χ1n) is 13.0. The third kappa shape index (κ3) is 7.14. The molecule has 6 nitrogen and oxygen atoms in total. The van der Waals surface area contributed by atoms with Gasteiger partial charge in [0.15, 0.2) is 11.0 Å². The van der Waals surface area contributed by atoms with Gasteiger partial charge in [0, 0.05) is 28.4 Å². The molecular weight excluding hydrogens is 535 g/mol. The summed E-state index contributed by atoms with van der Waals surface area (Å²) in [6, 6.07) is 35.8. The summed E-state index contributed by atoms with van der Waals surface area (Å²) < 4.78 is 2.06. The fourth-order valence-corrected chi connectivity index (χ4v) is 5.64. The minimum absolute atomic E-state index is 0.297. The van der Waals surface area contributed by atoms with Crippen molar-refractivity contribution in [2.24, 2.45) is 0 Å². The van der Waals surface area contributed by atoms with Crippen LogP contribution in [0.15, 0.2) is 119 Å². The van der Waals surface area contributed by atoms with E-state index in [0.717, 1.165) is 32.7 Å². The Hall–Kier alpha value is -4.01. The van der Waals surface area contributed by atoms with E-state index in [1.54, 1.807) is 23.5 Å². The van der Waals surface area contributed by atoms with Gasteiger partial charge in [-0.05, 0) is 60.7 Å². The molecule has 0 radical (unpaired) electrons. The van der Waals surface area contributed by atoms with Crippen molar-refractivity contribution in [3.8, 4) is 5.69 Å². The molecule has 1 atom stereocenters. The second kappa shape index (κ2) is 13.4. The second-order valence-electron chi connectivity index (χ2n) is 9.36. The Bertz CT molecular complexity index is 1520. The first-order chi connectivity index (χ1) is 19.6. The van der Waals surface area contributed by atoms with Crippen molar-refractivity contribution in [1.82, 2.24) is 20.1 Å². The summed E-state index contributed by atoms with van der Waals surface area (Å²) in [6.07, 6.45) is 2.59. The molecule has 5 aromatic rings. The van der Waals surface area contributed by atoms with E-state index in [0.29, 0.717) is 12.2 Å². The van der Waals surface area contributed by atoms with Crippen LogP contribution in [0.1, 0.15) is 28.6 Å². The highest BCUT2D eigenvalue weighted by Gasteiger charge is 2.25. The predicted octanol–water partition coefficient (Wildman–Crippen LogP) is 7.70. The Labute approximate surface area is 243 Å². The van der Waals surface area contributed by atoms with E-state index in [2.05, 4.69) is 80.9 Å². The molecule has 5 rings (SSSR count). The van der Waals surface area contributed by atoms with Gasteiger partial charge in [0.2, 0.25) is 0 Å². The van der Waals surface area contributed by atoms with Gasteiger partial charge in [-0.1, -0.05) is 90.1 Å². The van der Waals surface area contributed by atoms with Crippen molar-refractivity contribution in [3.05, 3.63) is 132 Å². The normalized spacial score (nSPS) is 11.7. The average Bonchev–Trinajstić information content (AvgIpc) is 3.41. The number of urea groups is 1. The molecule has 4 aromatic carbocycles. The molecule has 0 aliphatic carbocycles. The Kier molecular flexibility index (Phi) is 9.21. The molecule has 0 saturated carbocycles. The Morgan fingerprint density at radius 1 is 0.825 bits per heavy atom. The van der Waals surface area contributed by atoms with Crippen LogP contribution in [0.25, 0.3) is 5.69 Å². The molecule has 8 heteroatoms. The van der Waals surface area contributed by atoms with E-state index in [-0.39, 0.29) is 6.03 Å². The fraction of sp³-hybridized carbons (Fsp3) is 0.156. The van der Waals surface area contributed by atoms with Crippen LogP contribution in [0.3, 0.4) is 0 Å². The SMILES string of the molecule is CSc1ccc(NC(=O)NC(Cc2ccccc2)c2nnc(SCc3ccccc3)n2-c2ccc(C)cc2)cc1.